The highest BCUT2D eigenvalue weighted by Crippen LogP contribution is 2.30. The van der Waals surface area contributed by atoms with Gasteiger partial charge in [-0.25, -0.2) is 4.79 Å². The molecule has 1 fully saturated rings. The fourth-order valence-electron chi connectivity index (χ4n) is 1.32. The van der Waals surface area contributed by atoms with Crippen LogP contribution >= 0.6 is 0 Å². The zero-order chi connectivity index (χ0) is 8.65. The predicted molar refractivity (Wildman–Crippen MR) is 38.0 cm³/mol. The maximum atomic E-state index is 10.8. The molecule has 0 aromatic carbocycles. The molecule has 62 valence electrons. The highest BCUT2D eigenvalue weighted by Gasteiger charge is 2.43. The van der Waals surface area contributed by atoms with Crippen molar-refractivity contribution in [2.75, 3.05) is 0 Å². The second-order valence-corrected chi connectivity index (χ2v) is 3.50. The number of hydrogen-bond donors (Lipinski definition) is 2. The van der Waals surface area contributed by atoms with Crippen LogP contribution in [0, 0.1) is 5.41 Å². The van der Waals surface area contributed by atoms with Gasteiger partial charge in [0.2, 0.25) is 5.91 Å². The fourth-order valence-corrected chi connectivity index (χ4v) is 1.32. The van der Waals surface area contributed by atoms with E-state index in [2.05, 4.69) is 5.32 Å². The Hall–Kier alpha value is -1.06. The molecule has 2 N–H and O–H groups in total. The third-order valence-corrected chi connectivity index (χ3v) is 1.95. The molecule has 1 aliphatic heterocycles. The Balaban J connectivity index is 2.82. The number of rotatable bonds is 1. The van der Waals surface area contributed by atoms with Crippen LogP contribution in [0.1, 0.15) is 20.3 Å². The Labute approximate surface area is 64.6 Å². The van der Waals surface area contributed by atoms with Gasteiger partial charge in [-0.1, -0.05) is 13.8 Å². The molecule has 0 aromatic rings. The van der Waals surface area contributed by atoms with E-state index in [1.54, 1.807) is 13.8 Å². The number of nitrogens with one attached hydrogen (secondary N) is 1. The van der Waals surface area contributed by atoms with Crippen LogP contribution in [0.4, 0.5) is 0 Å². The van der Waals surface area contributed by atoms with E-state index in [0.717, 1.165) is 0 Å². The van der Waals surface area contributed by atoms with Gasteiger partial charge in [0.15, 0.2) is 0 Å². The first kappa shape index (κ1) is 8.04. The first-order chi connectivity index (χ1) is 4.93. The van der Waals surface area contributed by atoms with E-state index in [1.807, 2.05) is 0 Å². The van der Waals surface area contributed by atoms with Gasteiger partial charge in [0.1, 0.15) is 6.04 Å². The Bertz CT molecular complexity index is 210. The van der Waals surface area contributed by atoms with Crippen molar-refractivity contribution in [1.82, 2.24) is 5.32 Å². The van der Waals surface area contributed by atoms with Crippen LogP contribution in [-0.2, 0) is 9.59 Å². The standard InChI is InChI=1S/C7H11NO3/c1-7(2)3-4(9)8-5(7)6(10)11/h5H,3H2,1-2H3,(H,8,9)(H,10,11)/t5-/m1/s1. The molecule has 1 heterocycles. The molecule has 11 heavy (non-hydrogen) atoms. The Morgan fingerprint density at radius 3 is 2.45 bits per heavy atom. The van der Waals surface area contributed by atoms with Gasteiger partial charge in [0.25, 0.3) is 0 Å². The molecular weight excluding hydrogens is 146 g/mol. The lowest BCUT2D eigenvalue weighted by Crippen LogP contribution is -2.40. The van der Waals surface area contributed by atoms with E-state index in [1.165, 1.54) is 0 Å². The maximum Gasteiger partial charge on any atom is 0.326 e. The molecule has 1 amide bonds. The molecule has 4 heteroatoms. The van der Waals surface area contributed by atoms with Crippen molar-refractivity contribution in [1.29, 1.82) is 0 Å². The fraction of sp³-hybridized carbons (Fsp3) is 0.714. The average molecular weight is 157 g/mol. The van der Waals surface area contributed by atoms with E-state index < -0.39 is 17.4 Å². The largest absolute Gasteiger partial charge is 0.480 e. The number of carbonyl (C=O) groups is 2. The van der Waals surface area contributed by atoms with Crippen LogP contribution in [0.15, 0.2) is 0 Å². The molecule has 0 radical (unpaired) electrons. The number of carboxylic acids is 1. The molecule has 1 atom stereocenters. The van der Waals surface area contributed by atoms with Gasteiger partial charge in [-0.2, -0.15) is 0 Å². The summed E-state index contributed by atoms with van der Waals surface area (Å²) in [6, 6.07) is -0.727. The van der Waals surface area contributed by atoms with Crippen molar-refractivity contribution in [3.8, 4) is 0 Å². The molecular formula is C7H11NO3. The number of amides is 1. The van der Waals surface area contributed by atoms with E-state index in [0.29, 0.717) is 6.42 Å². The van der Waals surface area contributed by atoms with Crippen molar-refractivity contribution in [2.24, 2.45) is 5.41 Å². The van der Waals surface area contributed by atoms with Crippen LogP contribution in [0.2, 0.25) is 0 Å². The highest BCUT2D eigenvalue weighted by molar-refractivity contribution is 5.88. The highest BCUT2D eigenvalue weighted by atomic mass is 16.4. The van der Waals surface area contributed by atoms with Gasteiger partial charge in [-0.3, -0.25) is 4.79 Å². The van der Waals surface area contributed by atoms with E-state index in [9.17, 15) is 9.59 Å². The van der Waals surface area contributed by atoms with Gasteiger partial charge in [-0.05, 0) is 0 Å². The lowest BCUT2D eigenvalue weighted by Gasteiger charge is -2.20. The lowest BCUT2D eigenvalue weighted by atomic mass is 9.85. The van der Waals surface area contributed by atoms with Crippen molar-refractivity contribution < 1.29 is 14.7 Å². The second kappa shape index (κ2) is 2.22. The third kappa shape index (κ3) is 1.34. The van der Waals surface area contributed by atoms with Gasteiger partial charge >= 0.3 is 5.97 Å². The molecule has 0 saturated carbocycles. The molecule has 0 unspecified atom stereocenters. The summed E-state index contributed by atoms with van der Waals surface area (Å²) < 4.78 is 0. The predicted octanol–water partition coefficient (Wildman–Crippen LogP) is -0.0143. The minimum absolute atomic E-state index is 0.178. The van der Waals surface area contributed by atoms with E-state index >= 15 is 0 Å². The van der Waals surface area contributed by atoms with E-state index in [-0.39, 0.29) is 5.91 Å². The summed E-state index contributed by atoms with van der Waals surface area (Å²) in [7, 11) is 0. The minimum Gasteiger partial charge on any atom is -0.480 e. The average Bonchev–Trinajstić information content (AvgIpc) is 2.04. The van der Waals surface area contributed by atoms with Crippen LogP contribution in [-0.4, -0.2) is 23.0 Å². The quantitative estimate of drug-likeness (QED) is 0.562. The zero-order valence-corrected chi connectivity index (χ0v) is 6.55. The van der Waals surface area contributed by atoms with Gasteiger partial charge < -0.3 is 10.4 Å². The second-order valence-electron chi connectivity index (χ2n) is 3.50. The Morgan fingerprint density at radius 1 is 1.73 bits per heavy atom. The summed E-state index contributed by atoms with van der Waals surface area (Å²) in [5.74, 6) is -1.14. The molecule has 0 bridgehead atoms. The van der Waals surface area contributed by atoms with Gasteiger partial charge in [-0.15, -0.1) is 0 Å². The van der Waals surface area contributed by atoms with Crippen molar-refractivity contribution in [3.05, 3.63) is 0 Å². The monoisotopic (exact) mass is 157 g/mol. The molecule has 0 spiro atoms. The SMILES string of the molecule is CC1(C)CC(=O)N[C@@H]1C(=O)O. The van der Waals surface area contributed by atoms with Crippen LogP contribution in [0.5, 0.6) is 0 Å². The number of aliphatic carboxylic acids is 1. The maximum absolute atomic E-state index is 10.8. The number of carbonyl (C=O) groups excluding carboxylic acids is 1. The number of hydrogen-bond acceptors (Lipinski definition) is 2. The van der Waals surface area contributed by atoms with Crippen LogP contribution in [0.3, 0.4) is 0 Å². The molecule has 1 saturated heterocycles. The van der Waals surface area contributed by atoms with Gasteiger partial charge in [0.05, 0.1) is 0 Å². The zero-order valence-electron chi connectivity index (χ0n) is 6.55. The first-order valence-electron chi connectivity index (χ1n) is 3.45. The summed E-state index contributed by atoms with van der Waals surface area (Å²) in [6.45, 7) is 3.54. The summed E-state index contributed by atoms with van der Waals surface area (Å²) in [5.41, 5.74) is -0.455. The molecule has 4 nitrogen and oxygen atoms in total. The van der Waals surface area contributed by atoms with Crippen molar-refractivity contribution in [2.45, 2.75) is 26.3 Å². The minimum atomic E-state index is -0.958. The summed E-state index contributed by atoms with van der Waals surface area (Å²) >= 11 is 0. The smallest absolute Gasteiger partial charge is 0.326 e. The third-order valence-electron chi connectivity index (χ3n) is 1.95. The molecule has 1 rings (SSSR count). The summed E-state index contributed by atoms with van der Waals surface area (Å²) in [5, 5.41) is 11.1. The van der Waals surface area contributed by atoms with Crippen LogP contribution < -0.4 is 5.32 Å². The molecule has 0 aromatic heterocycles. The lowest BCUT2D eigenvalue weighted by molar-refractivity contribution is -0.141. The molecule has 0 aliphatic carbocycles. The summed E-state index contributed by atoms with van der Waals surface area (Å²) in [4.78, 5) is 21.3. The van der Waals surface area contributed by atoms with E-state index in [4.69, 9.17) is 5.11 Å². The summed E-state index contributed by atoms with van der Waals surface area (Å²) in [6.07, 6.45) is 0.296. The Kier molecular flexibility index (Phi) is 1.62. The van der Waals surface area contributed by atoms with Crippen LogP contribution in [0.25, 0.3) is 0 Å². The van der Waals surface area contributed by atoms with Crippen molar-refractivity contribution in [3.63, 3.8) is 0 Å². The van der Waals surface area contributed by atoms with Gasteiger partial charge in [0, 0.05) is 11.8 Å². The first-order valence-corrected chi connectivity index (χ1v) is 3.45. The number of carboxylic acid groups (broad SMARTS) is 1. The van der Waals surface area contributed by atoms with Crippen molar-refractivity contribution >= 4 is 11.9 Å². The Morgan fingerprint density at radius 2 is 2.27 bits per heavy atom. The topological polar surface area (TPSA) is 66.4 Å². The molecule has 1 aliphatic rings. The normalized spacial score (nSPS) is 28.2.